The molecule has 2 rings (SSSR count). The highest BCUT2D eigenvalue weighted by Crippen LogP contribution is 2.22. The van der Waals surface area contributed by atoms with Crippen LogP contribution in [0.2, 0.25) is 0 Å². The molecule has 150 valence electrons. The van der Waals surface area contributed by atoms with E-state index in [1.165, 1.54) is 0 Å². The normalized spacial score (nSPS) is 11.7. The average Bonchev–Trinajstić information content (AvgIpc) is 2.62. The highest BCUT2D eigenvalue weighted by molar-refractivity contribution is 5.91. The van der Waals surface area contributed by atoms with Crippen molar-refractivity contribution in [3.8, 4) is 5.75 Å². The number of nitrogens with two attached hydrogens (primary N) is 1. The van der Waals surface area contributed by atoms with Gasteiger partial charge in [-0.05, 0) is 56.4 Å². The molecule has 0 saturated heterocycles. The molecule has 0 aliphatic rings. The molecule has 0 aliphatic carbocycles. The maximum atomic E-state index is 12.5. The lowest BCUT2D eigenvalue weighted by atomic mass is 9.98. The lowest BCUT2D eigenvalue weighted by molar-refractivity contribution is -0.116. The van der Waals surface area contributed by atoms with E-state index < -0.39 is 12.1 Å². The number of hydrogen-bond acceptors (Lipinski definition) is 4. The summed E-state index contributed by atoms with van der Waals surface area (Å²) in [5.74, 6) is 0.524. The number of rotatable bonds is 9. The Kier molecular flexibility index (Phi) is 7.83. The predicted octanol–water partition coefficient (Wildman–Crippen LogP) is 2.67. The van der Waals surface area contributed by atoms with Crippen LogP contribution in [0.5, 0.6) is 5.75 Å². The van der Waals surface area contributed by atoms with Gasteiger partial charge in [0.25, 0.3) is 0 Å². The van der Waals surface area contributed by atoms with Crippen molar-refractivity contribution in [3.63, 3.8) is 0 Å². The zero-order chi connectivity index (χ0) is 20.5. The van der Waals surface area contributed by atoms with Crippen LogP contribution < -0.4 is 21.1 Å². The summed E-state index contributed by atoms with van der Waals surface area (Å²) in [6.45, 7) is 3.35. The summed E-state index contributed by atoms with van der Waals surface area (Å²) in [6.07, 6.45) is 0.0783. The Balaban J connectivity index is 1.96. The van der Waals surface area contributed by atoms with Gasteiger partial charge in [0.1, 0.15) is 12.4 Å². The van der Waals surface area contributed by atoms with Gasteiger partial charge < -0.3 is 26.0 Å². The van der Waals surface area contributed by atoms with Crippen LogP contribution in [0.3, 0.4) is 0 Å². The summed E-state index contributed by atoms with van der Waals surface area (Å²) in [5.41, 5.74) is 7.79. The first-order valence-corrected chi connectivity index (χ1v) is 9.14. The van der Waals surface area contributed by atoms with Crippen molar-refractivity contribution in [1.29, 1.82) is 0 Å². The zero-order valence-electron chi connectivity index (χ0n) is 16.6. The molecule has 1 atom stereocenters. The summed E-state index contributed by atoms with van der Waals surface area (Å²) >= 11 is 0. The standard InChI is InChI=1S/C21H28N4O3/c1-15-6-4-5-7-18(15)19(24-21(22)27)14-20(26)23-16-8-10-17(11-9-16)28-13-12-25(2)3/h4-11,19H,12-14H2,1-3H3,(H,23,26)(H3,22,24,27). The van der Waals surface area contributed by atoms with Crippen molar-refractivity contribution in [2.75, 3.05) is 32.6 Å². The van der Waals surface area contributed by atoms with Crippen molar-refractivity contribution in [3.05, 3.63) is 59.7 Å². The molecule has 0 fully saturated rings. The summed E-state index contributed by atoms with van der Waals surface area (Å²) in [5, 5.41) is 5.49. The number of aryl methyl sites for hydroxylation is 1. The molecule has 0 radical (unpaired) electrons. The Bertz CT molecular complexity index is 790. The number of nitrogens with zero attached hydrogens (tertiary/aromatic N) is 1. The van der Waals surface area contributed by atoms with Gasteiger partial charge in [0.05, 0.1) is 12.5 Å². The number of benzene rings is 2. The van der Waals surface area contributed by atoms with Gasteiger partial charge in [0, 0.05) is 12.2 Å². The van der Waals surface area contributed by atoms with E-state index in [0.717, 1.165) is 23.4 Å². The van der Waals surface area contributed by atoms with Crippen molar-refractivity contribution >= 4 is 17.6 Å². The van der Waals surface area contributed by atoms with Crippen molar-refractivity contribution < 1.29 is 14.3 Å². The van der Waals surface area contributed by atoms with Crippen molar-refractivity contribution in [2.45, 2.75) is 19.4 Å². The number of amides is 3. The number of nitrogens with one attached hydrogen (secondary N) is 2. The molecule has 0 aromatic heterocycles. The molecule has 28 heavy (non-hydrogen) atoms. The average molecular weight is 384 g/mol. The van der Waals surface area contributed by atoms with Gasteiger partial charge in [0.15, 0.2) is 0 Å². The van der Waals surface area contributed by atoms with Crippen LogP contribution in [0, 0.1) is 6.92 Å². The number of hydrogen-bond donors (Lipinski definition) is 3. The number of likely N-dealkylation sites (N-methyl/N-ethyl adjacent to an activating group) is 1. The minimum absolute atomic E-state index is 0.0783. The molecule has 7 nitrogen and oxygen atoms in total. The second kappa shape index (κ2) is 10.3. The molecule has 7 heteroatoms. The van der Waals surface area contributed by atoms with E-state index >= 15 is 0 Å². The van der Waals surface area contributed by atoms with Crippen LogP contribution in [0.15, 0.2) is 48.5 Å². The molecule has 2 aromatic carbocycles. The van der Waals surface area contributed by atoms with Gasteiger partial charge >= 0.3 is 6.03 Å². The number of primary amides is 1. The fourth-order valence-corrected chi connectivity index (χ4v) is 2.77. The van der Waals surface area contributed by atoms with Gasteiger partial charge in [-0.15, -0.1) is 0 Å². The molecule has 4 N–H and O–H groups in total. The van der Waals surface area contributed by atoms with Gasteiger partial charge in [-0.3, -0.25) is 4.79 Å². The van der Waals surface area contributed by atoms with E-state index in [2.05, 4.69) is 10.6 Å². The summed E-state index contributed by atoms with van der Waals surface area (Å²) in [4.78, 5) is 25.9. The van der Waals surface area contributed by atoms with Crippen molar-refractivity contribution in [2.24, 2.45) is 5.73 Å². The van der Waals surface area contributed by atoms with E-state index in [1.807, 2.05) is 62.3 Å². The predicted molar refractivity (Wildman–Crippen MR) is 110 cm³/mol. The topological polar surface area (TPSA) is 96.7 Å². The quantitative estimate of drug-likeness (QED) is 0.619. The first kappa shape index (κ1) is 21.2. The van der Waals surface area contributed by atoms with E-state index in [-0.39, 0.29) is 12.3 Å². The third kappa shape index (κ3) is 6.92. The van der Waals surface area contributed by atoms with E-state index in [4.69, 9.17) is 10.5 Å². The first-order valence-electron chi connectivity index (χ1n) is 9.14. The number of ether oxygens (including phenoxy) is 1. The molecule has 1 unspecified atom stereocenters. The van der Waals surface area contributed by atoms with Gasteiger partial charge in [-0.2, -0.15) is 0 Å². The monoisotopic (exact) mass is 384 g/mol. The third-order valence-corrected chi connectivity index (χ3v) is 4.22. The molecule has 0 saturated carbocycles. The Labute approximate surface area is 165 Å². The minimum Gasteiger partial charge on any atom is -0.492 e. The molecule has 0 spiro atoms. The summed E-state index contributed by atoms with van der Waals surface area (Å²) in [7, 11) is 3.97. The largest absolute Gasteiger partial charge is 0.492 e. The van der Waals surface area contributed by atoms with Crippen LogP contribution in [0.1, 0.15) is 23.6 Å². The third-order valence-electron chi connectivity index (χ3n) is 4.22. The summed E-state index contributed by atoms with van der Waals surface area (Å²) in [6, 6.07) is 13.6. The highest BCUT2D eigenvalue weighted by Gasteiger charge is 2.19. The molecule has 0 bridgehead atoms. The van der Waals surface area contributed by atoms with E-state index in [0.29, 0.717) is 12.3 Å². The smallest absolute Gasteiger partial charge is 0.312 e. The Morgan fingerprint density at radius 2 is 1.79 bits per heavy atom. The lowest BCUT2D eigenvalue weighted by Crippen LogP contribution is -2.35. The van der Waals surface area contributed by atoms with Gasteiger partial charge in [-0.1, -0.05) is 24.3 Å². The number of carbonyl (C=O) groups excluding carboxylic acids is 2. The fraction of sp³-hybridized carbons (Fsp3) is 0.333. The molecular weight excluding hydrogens is 356 g/mol. The second-order valence-corrected chi connectivity index (χ2v) is 6.85. The number of anilines is 1. The maximum absolute atomic E-state index is 12.5. The zero-order valence-corrected chi connectivity index (χ0v) is 16.6. The molecule has 0 aliphatic heterocycles. The first-order chi connectivity index (χ1) is 13.3. The Morgan fingerprint density at radius 1 is 1.11 bits per heavy atom. The minimum atomic E-state index is -0.666. The number of carbonyl (C=O) groups is 2. The Morgan fingerprint density at radius 3 is 2.39 bits per heavy atom. The Hall–Kier alpha value is -3.06. The second-order valence-electron chi connectivity index (χ2n) is 6.85. The number of urea groups is 1. The molecule has 0 heterocycles. The lowest BCUT2D eigenvalue weighted by Gasteiger charge is -2.19. The SMILES string of the molecule is Cc1ccccc1C(CC(=O)Nc1ccc(OCCN(C)C)cc1)NC(N)=O. The fourth-order valence-electron chi connectivity index (χ4n) is 2.77. The van der Waals surface area contributed by atoms with E-state index in [9.17, 15) is 9.59 Å². The van der Waals surface area contributed by atoms with E-state index in [1.54, 1.807) is 12.1 Å². The van der Waals surface area contributed by atoms with Gasteiger partial charge in [0.2, 0.25) is 5.91 Å². The van der Waals surface area contributed by atoms with Crippen LogP contribution in [0.25, 0.3) is 0 Å². The maximum Gasteiger partial charge on any atom is 0.312 e. The van der Waals surface area contributed by atoms with Crippen LogP contribution in [-0.2, 0) is 4.79 Å². The molecule has 3 amide bonds. The van der Waals surface area contributed by atoms with Crippen LogP contribution in [0.4, 0.5) is 10.5 Å². The highest BCUT2D eigenvalue weighted by atomic mass is 16.5. The van der Waals surface area contributed by atoms with Gasteiger partial charge in [-0.25, -0.2) is 4.79 Å². The van der Waals surface area contributed by atoms with Crippen molar-refractivity contribution in [1.82, 2.24) is 10.2 Å². The summed E-state index contributed by atoms with van der Waals surface area (Å²) < 4.78 is 5.64. The van der Waals surface area contributed by atoms with Crippen LogP contribution >= 0.6 is 0 Å². The van der Waals surface area contributed by atoms with Crippen LogP contribution in [-0.4, -0.2) is 44.1 Å². The molecular formula is C21H28N4O3. The molecule has 2 aromatic rings.